The monoisotopic (exact) mass is 417 g/mol. The first kappa shape index (κ1) is 23.9. The topological polar surface area (TPSA) is 65.5 Å². The van der Waals surface area contributed by atoms with Crippen molar-refractivity contribution in [3.63, 3.8) is 0 Å². The Kier molecular flexibility index (Phi) is 8.14. The van der Waals surface area contributed by atoms with E-state index in [9.17, 15) is 31.5 Å². The number of nitrogens with zero attached hydrogens (tertiary/aromatic N) is 1. The molecule has 0 aromatic carbocycles. The Bertz CT molecular complexity index is 863. The lowest BCUT2D eigenvalue weighted by Gasteiger charge is -2.21. The maximum Gasteiger partial charge on any atom is 0.434 e. The molecule has 1 heterocycles. The van der Waals surface area contributed by atoms with E-state index in [0.29, 0.717) is 0 Å². The van der Waals surface area contributed by atoms with Crippen molar-refractivity contribution in [1.29, 1.82) is 0 Å². The second-order valence-corrected chi connectivity index (χ2v) is 6.03. The second-order valence-electron chi connectivity index (χ2n) is 6.03. The standard InChI is InChI=1S/C19H16F5NO4/c1-5-7-28-17(26)12-11(9-10(3)4)13(18(27)29-8-6-2)15(19(22,23)24)25-14(12)16(20)21/h1-2,10,16H,7-9H2,3-4H3. The first-order valence-electron chi connectivity index (χ1n) is 8.08. The maximum absolute atomic E-state index is 13.5. The van der Waals surface area contributed by atoms with Gasteiger partial charge in [-0.15, -0.1) is 12.8 Å². The molecule has 0 atom stereocenters. The van der Waals surface area contributed by atoms with Gasteiger partial charge in [-0.3, -0.25) is 0 Å². The summed E-state index contributed by atoms with van der Waals surface area (Å²) >= 11 is 0. The highest BCUT2D eigenvalue weighted by Crippen LogP contribution is 2.38. The molecule has 5 nitrogen and oxygen atoms in total. The SMILES string of the molecule is C#CCOC(=O)c1c(C(F)F)nc(C(F)(F)F)c(C(=O)OCC#C)c1CC(C)C. The molecule has 0 radical (unpaired) electrons. The fourth-order valence-corrected chi connectivity index (χ4v) is 2.44. The van der Waals surface area contributed by atoms with E-state index >= 15 is 0 Å². The number of aromatic nitrogens is 1. The number of terminal acetylenes is 2. The molecule has 1 rings (SSSR count). The third kappa shape index (κ3) is 5.92. The van der Waals surface area contributed by atoms with Crippen molar-refractivity contribution in [2.75, 3.05) is 13.2 Å². The molecule has 1 aromatic rings. The Balaban J connectivity index is 3.99. The molecule has 1 aromatic heterocycles. The van der Waals surface area contributed by atoms with E-state index in [0.717, 1.165) is 0 Å². The second kappa shape index (κ2) is 9.87. The number of carbonyl (C=O) groups is 2. The van der Waals surface area contributed by atoms with Crippen LogP contribution in [0.1, 0.15) is 57.9 Å². The Morgan fingerprint density at radius 2 is 1.52 bits per heavy atom. The zero-order valence-electron chi connectivity index (χ0n) is 15.4. The summed E-state index contributed by atoms with van der Waals surface area (Å²) < 4.78 is 76.8. The highest BCUT2D eigenvalue weighted by Gasteiger charge is 2.43. The molecule has 156 valence electrons. The summed E-state index contributed by atoms with van der Waals surface area (Å²) in [5.41, 5.74) is -6.12. The van der Waals surface area contributed by atoms with Crippen molar-refractivity contribution >= 4 is 11.9 Å². The molecule has 0 fully saturated rings. The van der Waals surface area contributed by atoms with Crippen LogP contribution in [0.2, 0.25) is 0 Å². The summed E-state index contributed by atoms with van der Waals surface area (Å²) in [6.45, 7) is 1.79. The number of carbonyl (C=O) groups excluding carboxylic acids is 2. The van der Waals surface area contributed by atoms with Gasteiger partial charge < -0.3 is 9.47 Å². The van der Waals surface area contributed by atoms with Gasteiger partial charge in [0, 0.05) is 0 Å². The molecule has 0 aliphatic heterocycles. The van der Waals surface area contributed by atoms with Gasteiger partial charge in [-0.25, -0.2) is 23.4 Å². The van der Waals surface area contributed by atoms with Crippen LogP contribution in [0.25, 0.3) is 0 Å². The number of hydrogen-bond acceptors (Lipinski definition) is 5. The summed E-state index contributed by atoms with van der Waals surface area (Å²) in [6, 6.07) is 0. The van der Waals surface area contributed by atoms with Crippen LogP contribution in [0.3, 0.4) is 0 Å². The molecule has 0 spiro atoms. The number of alkyl halides is 5. The van der Waals surface area contributed by atoms with Gasteiger partial charge in [0.1, 0.15) is 5.69 Å². The lowest BCUT2D eigenvalue weighted by molar-refractivity contribution is -0.142. The lowest BCUT2D eigenvalue weighted by Crippen LogP contribution is -2.26. The van der Waals surface area contributed by atoms with E-state index < -0.39 is 71.8 Å². The van der Waals surface area contributed by atoms with E-state index in [2.05, 4.69) is 14.5 Å². The van der Waals surface area contributed by atoms with E-state index in [1.807, 2.05) is 11.8 Å². The van der Waals surface area contributed by atoms with Gasteiger partial charge in [0.2, 0.25) is 0 Å². The molecule has 0 amide bonds. The number of rotatable bonds is 7. The van der Waals surface area contributed by atoms with Gasteiger partial charge in [0.05, 0.1) is 11.1 Å². The van der Waals surface area contributed by atoms with Gasteiger partial charge in [-0.2, -0.15) is 13.2 Å². The Hall–Kier alpha value is -3.14. The van der Waals surface area contributed by atoms with Gasteiger partial charge in [0.25, 0.3) is 6.43 Å². The Morgan fingerprint density at radius 3 is 1.90 bits per heavy atom. The molecule has 0 bridgehead atoms. The van der Waals surface area contributed by atoms with Crippen molar-refractivity contribution in [3.8, 4) is 24.7 Å². The molecule has 0 N–H and O–H groups in total. The molecule has 0 unspecified atom stereocenters. The van der Waals surface area contributed by atoms with E-state index in [4.69, 9.17) is 12.8 Å². The van der Waals surface area contributed by atoms with E-state index in [1.54, 1.807) is 13.8 Å². The van der Waals surface area contributed by atoms with Gasteiger partial charge in [0.15, 0.2) is 18.9 Å². The smallest absolute Gasteiger partial charge is 0.434 e. The Labute approximate surface area is 163 Å². The summed E-state index contributed by atoms with van der Waals surface area (Å²) in [4.78, 5) is 27.5. The lowest BCUT2D eigenvalue weighted by atomic mass is 9.91. The van der Waals surface area contributed by atoms with Crippen molar-refractivity contribution in [2.45, 2.75) is 32.9 Å². The number of hydrogen-bond donors (Lipinski definition) is 0. The largest absolute Gasteiger partial charge is 0.449 e. The predicted octanol–water partition coefficient (Wildman–Crippen LogP) is 3.82. The summed E-state index contributed by atoms with van der Waals surface area (Å²) in [7, 11) is 0. The van der Waals surface area contributed by atoms with Crippen LogP contribution < -0.4 is 0 Å². The van der Waals surface area contributed by atoms with Crippen LogP contribution in [0.5, 0.6) is 0 Å². The minimum absolute atomic E-state index is 0.355. The van der Waals surface area contributed by atoms with Gasteiger partial charge >= 0.3 is 18.1 Å². The quantitative estimate of drug-likeness (QED) is 0.384. The normalized spacial score (nSPS) is 11.1. The van der Waals surface area contributed by atoms with Crippen LogP contribution in [0.15, 0.2) is 0 Å². The zero-order chi connectivity index (χ0) is 22.4. The zero-order valence-corrected chi connectivity index (χ0v) is 15.4. The van der Waals surface area contributed by atoms with Crippen LogP contribution in [0, 0.1) is 30.6 Å². The summed E-state index contributed by atoms with van der Waals surface area (Å²) in [5.74, 6) is 0.414. The highest BCUT2D eigenvalue weighted by atomic mass is 19.4. The average molecular weight is 417 g/mol. The molecule has 0 saturated heterocycles. The summed E-state index contributed by atoms with van der Waals surface area (Å²) in [5, 5.41) is 0. The Morgan fingerprint density at radius 1 is 1.03 bits per heavy atom. The highest BCUT2D eigenvalue weighted by molar-refractivity contribution is 5.99. The minimum atomic E-state index is -5.29. The van der Waals surface area contributed by atoms with Crippen molar-refractivity contribution in [2.24, 2.45) is 5.92 Å². The number of ether oxygens (including phenoxy) is 2. The molecule has 0 saturated carbocycles. The van der Waals surface area contributed by atoms with Crippen LogP contribution in [0.4, 0.5) is 22.0 Å². The van der Waals surface area contributed by atoms with Crippen molar-refractivity contribution < 1.29 is 41.0 Å². The molecular weight excluding hydrogens is 401 g/mol. The van der Waals surface area contributed by atoms with Crippen molar-refractivity contribution in [1.82, 2.24) is 4.98 Å². The first-order valence-corrected chi connectivity index (χ1v) is 8.08. The van der Waals surface area contributed by atoms with Crippen molar-refractivity contribution in [3.05, 3.63) is 28.1 Å². The molecule has 29 heavy (non-hydrogen) atoms. The van der Waals surface area contributed by atoms with E-state index in [1.165, 1.54) is 0 Å². The summed E-state index contributed by atoms with van der Waals surface area (Å²) in [6.07, 6.45) is 0.681. The van der Waals surface area contributed by atoms with Gasteiger partial charge in [-0.1, -0.05) is 25.7 Å². The maximum atomic E-state index is 13.5. The average Bonchev–Trinajstić information content (AvgIpc) is 2.61. The molecule has 0 aliphatic rings. The number of esters is 2. The number of pyridine rings is 1. The molecular formula is C19H16F5NO4. The fourth-order valence-electron chi connectivity index (χ4n) is 2.44. The van der Waals surface area contributed by atoms with Crippen LogP contribution in [-0.2, 0) is 22.1 Å². The number of halogens is 5. The third-order valence-corrected chi connectivity index (χ3v) is 3.40. The fraction of sp³-hybridized carbons (Fsp3) is 0.421. The third-order valence-electron chi connectivity index (χ3n) is 3.40. The predicted molar refractivity (Wildman–Crippen MR) is 91.0 cm³/mol. The molecule has 10 heteroatoms. The van der Waals surface area contributed by atoms with Gasteiger partial charge in [-0.05, 0) is 17.9 Å². The first-order chi connectivity index (χ1) is 13.4. The van der Waals surface area contributed by atoms with Crippen LogP contribution >= 0.6 is 0 Å². The van der Waals surface area contributed by atoms with E-state index in [-0.39, 0.29) is 6.42 Å². The minimum Gasteiger partial charge on any atom is -0.449 e. The van der Waals surface area contributed by atoms with Crippen LogP contribution in [-0.4, -0.2) is 30.1 Å². The molecule has 0 aliphatic carbocycles.